The van der Waals surface area contributed by atoms with E-state index in [-0.39, 0.29) is 18.6 Å². The molecule has 1 amide bonds. The third-order valence-corrected chi connectivity index (χ3v) is 2.59. The summed E-state index contributed by atoms with van der Waals surface area (Å²) in [5.74, 6) is 0.236. The third-order valence-electron chi connectivity index (χ3n) is 2.59. The molecule has 0 radical (unpaired) electrons. The first-order valence-corrected chi connectivity index (χ1v) is 6.10. The Bertz CT molecular complexity index is 410. The number of nitrogens with one attached hydrogen (secondary N) is 1. The number of carbonyl (C=O) groups is 1. The minimum absolute atomic E-state index is 0.0382. The van der Waals surface area contributed by atoms with Gasteiger partial charge < -0.3 is 10.4 Å². The van der Waals surface area contributed by atoms with E-state index in [1.807, 2.05) is 13.1 Å². The summed E-state index contributed by atoms with van der Waals surface area (Å²) >= 11 is 0. The molecule has 1 unspecified atom stereocenters. The van der Waals surface area contributed by atoms with Crippen LogP contribution < -0.4 is 5.32 Å². The van der Waals surface area contributed by atoms with Gasteiger partial charge in [-0.1, -0.05) is 13.8 Å². The van der Waals surface area contributed by atoms with Crippen molar-refractivity contribution in [3.05, 3.63) is 24.0 Å². The Kier molecular flexibility index (Phi) is 5.58. The molecule has 0 aliphatic carbocycles. The van der Waals surface area contributed by atoms with Gasteiger partial charge >= 0.3 is 0 Å². The number of aliphatic hydroxyl groups excluding tert-OH is 1. The van der Waals surface area contributed by atoms with E-state index in [4.69, 9.17) is 5.11 Å². The highest BCUT2D eigenvalue weighted by atomic mass is 16.3. The number of aliphatic hydroxyl groups is 1. The average molecular weight is 251 g/mol. The lowest BCUT2D eigenvalue weighted by Crippen LogP contribution is -2.37. The van der Waals surface area contributed by atoms with Crippen molar-refractivity contribution < 1.29 is 9.90 Å². The summed E-state index contributed by atoms with van der Waals surface area (Å²) in [5.41, 5.74) is 0.856. The summed E-state index contributed by atoms with van der Waals surface area (Å²) in [6.45, 7) is 4.07. The molecule has 1 aromatic heterocycles. The largest absolute Gasteiger partial charge is 0.394 e. The Morgan fingerprint density at radius 1 is 1.61 bits per heavy atom. The van der Waals surface area contributed by atoms with Crippen LogP contribution in [0, 0.1) is 5.92 Å². The number of hydrogen-bond acceptors (Lipinski definition) is 3. The monoisotopic (exact) mass is 251 g/mol. The molecule has 0 saturated heterocycles. The normalized spacial score (nSPS) is 13.2. The molecule has 18 heavy (non-hydrogen) atoms. The Hall–Kier alpha value is -1.62. The van der Waals surface area contributed by atoms with Crippen LogP contribution >= 0.6 is 0 Å². The van der Waals surface area contributed by atoms with Gasteiger partial charge in [-0.15, -0.1) is 0 Å². The molecule has 100 valence electrons. The predicted octanol–water partition coefficient (Wildman–Crippen LogP) is 0.957. The number of amides is 1. The minimum atomic E-state index is -0.198. The quantitative estimate of drug-likeness (QED) is 0.740. The second-order valence-corrected chi connectivity index (χ2v) is 4.73. The van der Waals surface area contributed by atoms with Crippen molar-refractivity contribution in [2.45, 2.75) is 26.3 Å². The summed E-state index contributed by atoms with van der Waals surface area (Å²) in [5, 5.41) is 15.9. The molecule has 1 heterocycles. The lowest BCUT2D eigenvalue weighted by molar-refractivity contribution is -0.117. The highest BCUT2D eigenvalue weighted by Gasteiger charge is 2.11. The van der Waals surface area contributed by atoms with E-state index in [9.17, 15) is 4.79 Å². The van der Waals surface area contributed by atoms with Crippen LogP contribution in [0.15, 0.2) is 18.3 Å². The van der Waals surface area contributed by atoms with Gasteiger partial charge in [0.1, 0.15) is 0 Å². The van der Waals surface area contributed by atoms with Crippen LogP contribution in [0.5, 0.6) is 0 Å². The van der Waals surface area contributed by atoms with Crippen LogP contribution in [0.1, 0.15) is 26.0 Å². The summed E-state index contributed by atoms with van der Waals surface area (Å²) in [6.07, 6.45) is 5.60. The molecule has 5 heteroatoms. The van der Waals surface area contributed by atoms with Crippen LogP contribution in [0.25, 0.3) is 6.08 Å². The van der Waals surface area contributed by atoms with E-state index in [1.165, 1.54) is 6.08 Å². The van der Waals surface area contributed by atoms with E-state index in [1.54, 1.807) is 17.0 Å². The molecule has 1 atom stereocenters. The van der Waals surface area contributed by atoms with Crippen molar-refractivity contribution in [1.29, 1.82) is 0 Å². The van der Waals surface area contributed by atoms with Crippen molar-refractivity contribution in [1.82, 2.24) is 15.1 Å². The molecule has 5 nitrogen and oxygen atoms in total. The number of carbonyl (C=O) groups excluding carboxylic acids is 1. The minimum Gasteiger partial charge on any atom is -0.394 e. The Labute approximate surface area is 108 Å². The molecule has 0 fully saturated rings. The second-order valence-electron chi connectivity index (χ2n) is 4.73. The first kappa shape index (κ1) is 14.4. The summed E-state index contributed by atoms with van der Waals surface area (Å²) < 4.78 is 1.68. The van der Waals surface area contributed by atoms with E-state index in [0.717, 1.165) is 12.1 Å². The van der Waals surface area contributed by atoms with Gasteiger partial charge in [-0.25, -0.2) is 0 Å². The van der Waals surface area contributed by atoms with Gasteiger partial charge in [0, 0.05) is 19.3 Å². The van der Waals surface area contributed by atoms with E-state index in [0.29, 0.717) is 5.92 Å². The average Bonchev–Trinajstić information content (AvgIpc) is 2.70. The Balaban J connectivity index is 2.50. The molecule has 0 saturated carbocycles. The van der Waals surface area contributed by atoms with Crippen molar-refractivity contribution in [3.63, 3.8) is 0 Å². The maximum Gasteiger partial charge on any atom is 0.244 e. The fourth-order valence-corrected chi connectivity index (χ4v) is 1.71. The first-order chi connectivity index (χ1) is 8.52. The van der Waals surface area contributed by atoms with Crippen LogP contribution in [0.2, 0.25) is 0 Å². The number of hydrogen-bond donors (Lipinski definition) is 2. The van der Waals surface area contributed by atoms with Crippen molar-refractivity contribution >= 4 is 12.0 Å². The SMILES string of the molecule is CC(C)CC(CO)NC(=O)C=Cc1ccnn1C. The standard InChI is InChI=1S/C13H21N3O2/c1-10(2)8-11(9-17)15-13(18)5-4-12-6-7-14-16(12)3/h4-7,10-11,17H,8-9H2,1-3H3,(H,15,18). The zero-order chi connectivity index (χ0) is 13.5. The maximum atomic E-state index is 11.7. The smallest absolute Gasteiger partial charge is 0.244 e. The zero-order valence-electron chi connectivity index (χ0n) is 11.1. The van der Waals surface area contributed by atoms with Gasteiger partial charge in [0.25, 0.3) is 0 Å². The number of nitrogens with zero attached hydrogens (tertiary/aromatic N) is 2. The third kappa shape index (κ3) is 4.71. The van der Waals surface area contributed by atoms with Gasteiger partial charge in [-0.3, -0.25) is 9.48 Å². The molecule has 1 aromatic rings. The van der Waals surface area contributed by atoms with Gasteiger partial charge in [0.2, 0.25) is 5.91 Å². The number of rotatable bonds is 6. The van der Waals surface area contributed by atoms with Crippen molar-refractivity contribution in [3.8, 4) is 0 Å². The predicted molar refractivity (Wildman–Crippen MR) is 70.7 cm³/mol. The number of aryl methyl sites for hydroxylation is 1. The van der Waals surface area contributed by atoms with Crippen LogP contribution in [-0.2, 0) is 11.8 Å². The Morgan fingerprint density at radius 2 is 2.33 bits per heavy atom. The second kappa shape index (κ2) is 6.96. The molecule has 0 bridgehead atoms. The fourth-order valence-electron chi connectivity index (χ4n) is 1.71. The molecular formula is C13H21N3O2. The van der Waals surface area contributed by atoms with Crippen molar-refractivity contribution in [2.75, 3.05) is 6.61 Å². The topological polar surface area (TPSA) is 67.2 Å². The molecular weight excluding hydrogens is 230 g/mol. The molecule has 0 aromatic carbocycles. The highest BCUT2D eigenvalue weighted by molar-refractivity contribution is 5.91. The Morgan fingerprint density at radius 3 is 2.83 bits per heavy atom. The van der Waals surface area contributed by atoms with Crippen LogP contribution in [-0.4, -0.2) is 33.4 Å². The van der Waals surface area contributed by atoms with Gasteiger partial charge in [0.05, 0.1) is 18.3 Å². The number of aromatic nitrogens is 2. The zero-order valence-corrected chi connectivity index (χ0v) is 11.1. The molecule has 0 aliphatic heterocycles. The first-order valence-electron chi connectivity index (χ1n) is 6.10. The van der Waals surface area contributed by atoms with Gasteiger partial charge in [-0.05, 0) is 24.5 Å². The van der Waals surface area contributed by atoms with E-state index in [2.05, 4.69) is 24.3 Å². The molecule has 0 spiro atoms. The molecule has 2 N–H and O–H groups in total. The molecule has 0 aliphatic rings. The van der Waals surface area contributed by atoms with Crippen LogP contribution in [0.4, 0.5) is 0 Å². The summed E-state index contributed by atoms with van der Waals surface area (Å²) in [6, 6.07) is 1.63. The molecule has 1 rings (SSSR count). The summed E-state index contributed by atoms with van der Waals surface area (Å²) in [7, 11) is 1.81. The maximum absolute atomic E-state index is 11.7. The summed E-state index contributed by atoms with van der Waals surface area (Å²) in [4.78, 5) is 11.7. The van der Waals surface area contributed by atoms with Crippen molar-refractivity contribution in [2.24, 2.45) is 13.0 Å². The highest BCUT2D eigenvalue weighted by Crippen LogP contribution is 2.04. The lowest BCUT2D eigenvalue weighted by atomic mass is 10.0. The van der Waals surface area contributed by atoms with Gasteiger partial charge in [0.15, 0.2) is 0 Å². The lowest BCUT2D eigenvalue weighted by Gasteiger charge is -2.17. The van der Waals surface area contributed by atoms with E-state index >= 15 is 0 Å². The van der Waals surface area contributed by atoms with Gasteiger partial charge in [-0.2, -0.15) is 5.10 Å². The van der Waals surface area contributed by atoms with Crippen LogP contribution in [0.3, 0.4) is 0 Å². The van der Waals surface area contributed by atoms with E-state index < -0.39 is 0 Å². The fraction of sp³-hybridized carbons (Fsp3) is 0.538.